The van der Waals surface area contributed by atoms with Crippen LogP contribution in [0.5, 0.6) is 0 Å². The van der Waals surface area contributed by atoms with E-state index in [2.05, 4.69) is 17.1 Å². The number of aryl methyl sites for hydroxylation is 1. The molecule has 1 heterocycles. The quantitative estimate of drug-likeness (QED) is 0.834. The number of amides is 1. The number of anilines is 2. The van der Waals surface area contributed by atoms with Crippen molar-refractivity contribution < 1.29 is 4.79 Å². The van der Waals surface area contributed by atoms with Crippen molar-refractivity contribution in [3.63, 3.8) is 0 Å². The van der Waals surface area contributed by atoms with Crippen LogP contribution in [0.15, 0.2) is 18.2 Å². The average molecular weight is 275 g/mol. The third kappa shape index (κ3) is 3.51. The largest absolute Gasteiger partial charge is 0.398 e. The molecular weight excluding hydrogens is 250 g/mol. The number of likely N-dealkylation sites (tertiary alicyclic amines) is 1. The van der Waals surface area contributed by atoms with Gasteiger partial charge in [-0.2, -0.15) is 0 Å². The number of benzene rings is 1. The van der Waals surface area contributed by atoms with Crippen LogP contribution in [0, 0.1) is 12.8 Å². The van der Waals surface area contributed by atoms with Gasteiger partial charge in [0, 0.05) is 17.9 Å². The summed E-state index contributed by atoms with van der Waals surface area (Å²) in [5.74, 6) is 0.719. The number of nitrogen functional groups attached to an aromatic ring is 1. The van der Waals surface area contributed by atoms with E-state index >= 15 is 0 Å². The van der Waals surface area contributed by atoms with Crippen LogP contribution >= 0.6 is 0 Å². The summed E-state index contributed by atoms with van der Waals surface area (Å²) in [5.41, 5.74) is 8.38. The fraction of sp³-hybridized carbons (Fsp3) is 0.562. The molecule has 2 rings (SSSR count). The molecule has 4 nitrogen and oxygen atoms in total. The van der Waals surface area contributed by atoms with E-state index in [4.69, 9.17) is 5.73 Å². The van der Waals surface area contributed by atoms with Crippen LogP contribution in [-0.2, 0) is 4.79 Å². The molecule has 0 saturated carbocycles. The summed E-state index contributed by atoms with van der Waals surface area (Å²) in [4.78, 5) is 14.6. The highest BCUT2D eigenvalue weighted by molar-refractivity contribution is 5.95. The second kappa shape index (κ2) is 6.27. The molecule has 1 aliphatic heterocycles. The average Bonchev–Trinajstić information content (AvgIpc) is 2.42. The van der Waals surface area contributed by atoms with E-state index in [0.29, 0.717) is 11.6 Å². The lowest BCUT2D eigenvalue weighted by Crippen LogP contribution is -2.46. The van der Waals surface area contributed by atoms with Gasteiger partial charge in [-0.1, -0.05) is 13.0 Å². The van der Waals surface area contributed by atoms with Gasteiger partial charge in [-0.3, -0.25) is 9.69 Å². The molecule has 110 valence electrons. The zero-order valence-corrected chi connectivity index (χ0v) is 12.6. The number of nitrogens with two attached hydrogens (primary N) is 1. The maximum Gasteiger partial charge on any atom is 0.241 e. The number of hydrogen-bond donors (Lipinski definition) is 2. The smallest absolute Gasteiger partial charge is 0.241 e. The molecule has 1 amide bonds. The van der Waals surface area contributed by atoms with Gasteiger partial charge in [0.1, 0.15) is 0 Å². The lowest BCUT2D eigenvalue weighted by atomic mass is 9.99. The van der Waals surface area contributed by atoms with E-state index in [1.165, 1.54) is 12.8 Å². The highest BCUT2D eigenvalue weighted by Crippen LogP contribution is 2.20. The van der Waals surface area contributed by atoms with Gasteiger partial charge in [0.05, 0.1) is 6.04 Å². The van der Waals surface area contributed by atoms with Crippen molar-refractivity contribution in [2.45, 2.75) is 39.7 Å². The second-order valence-electron chi connectivity index (χ2n) is 5.98. The molecule has 0 bridgehead atoms. The van der Waals surface area contributed by atoms with Crippen molar-refractivity contribution in [2.75, 3.05) is 24.1 Å². The molecule has 1 aliphatic rings. The lowest BCUT2D eigenvalue weighted by molar-refractivity contribution is -0.121. The number of carbonyl (C=O) groups excluding carboxylic acids is 1. The van der Waals surface area contributed by atoms with Crippen molar-refractivity contribution in [3.8, 4) is 0 Å². The van der Waals surface area contributed by atoms with Crippen molar-refractivity contribution in [2.24, 2.45) is 5.92 Å². The number of nitrogens with one attached hydrogen (secondary N) is 1. The number of rotatable bonds is 3. The summed E-state index contributed by atoms with van der Waals surface area (Å²) in [6.45, 7) is 8.20. The van der Waals surface area contributed by atoms with Crippen LogP contribution in [0.25, 0.3) is 0 Å². The summed E-state index contributed by atoms with van der Waals surface area (Å²) in [6.07, 6.45) is 2.44. The summed E-state index contributed by atoms with van der Waals surface area (Å²) in [6, 6.07) is 5.55. The lowest BCUT2D eigenvalue weighted by Gasteiger charge is -2.34. The third-order valence-electron chi connectivity index (χ3n) is 4.16. The molecular formula is C16H25N3O. The molecule has 20 heavy (non-hydrogen) atoms. The topological polar surface area (TPSA) is 58.4 Å². The van der Waals surface area contributed by atoms with Crippen molar-refractivity contribution in [3.05, 3.63) is 23.8 Å². The minimum atomic E-state index is -0.0970. The molecule has 0 aliphatic carbocycles. The van der Waals surface area contributed by atoms with Crippen LogP contribution < -0.4 is 11.1 Å². The van der Waals surface area contributed by atoms with Crippen LogP contribution in [0.3, 0.4) is 0 Å². The number of hydrogen-bond acceptors (Lipinski definition) is 3. The third-order valence-corrected chi connectivity index (χ3v) is 4.16. The van der Waals surface area contributed by atoms with Crippen LogP contribution in [-0.4, -0.2) is 29.9 Å². The summed E-state index contributed by atoms with van der Waals surface area (Å²) >= 11 is 0. The van der Waals surface area contributed by atoms with E-state index in [-0.39, 0.29) is 11.9 Å². The van der Waals surface area contributed by atoms with Gasteiger partial charge in [0.15, 0.2) is 0 Å². The maximum absolute atomic E-state index is 12.3. The first-order valence-corrected chi connectivity index (χ1v) is 7.38. The summed E-state index contributed by atoms with van der Waals surface area (Å²) in [7, 11) is 0. The molecule has 4 heteroatoms. The SMILES string of the molecule is Cc1ccc(NC(=O)C(C)N2CCCC(C)C2)cc1N. The number of piperidine rings is 1. The fourth-order valence-corrected chi connectivity index (χ4v) is 2.71. The highest BCUT2D eigenvalue weighted by Gasteiger charge is 2.25. The molecule has 0 radical (unpaired) electrons. The van der Waals surface area contributed by atoms with Gasteiger partial charge in [0.2, 0.25) is 5.91 Å². The Balaban J connectivity index is 1.98. The number of carbonyl (C=O) groups is 1. The molecule has 2 atom stereocenters. The Bertz CT molecular complexity index is 487. The zero-order chi connectivity index (χ0) is 14.7. The Morgan fingerprint density at radius 2 is 2.25 bits per heavy atom. The zero-order valence-electron chi connectivity index (χ0n) is 12.6. The predicted octanol–water partition coefficient (Wildman–Crippen LogP) is 2.64. The Kier molecular flexibility index (Phi) is 4.65. The van der Waals surface area contributed by atoms with Gasteiger partial charge >= 0.3 is 0 Å². The molecule has 0 spiro atoms. The second-order valence-corrected chi connectivity index (χ2v) is 5.98. The maximum atomic E-state index is 12.3. The minimum Gasteiger partial charge on any atom is -0.398 e. The Morgan fingerprint density at radius 3 is 2.90 bits per heavy atom. The first-order valence-electron chi connectivity index (χ1n) is 7.38. The fourth-order valence-electron chi connectivity index (χ4n) is 2.71. The van der Waals surface area contributed by atoms with Gasteiger partial charge in [0.25, 0.3) is 0 Å². The summed E-state index contributed by atoms with van der Waals surface area (Å²) in [5, 5.41) is 2.96. The van der Waals surface area contributed by atoms with Crippen LogP contribution in [0.4, 0.5) is 11.4 Å². The molecule has 1 aromatic rings. The van der Waals surface area contributed by atoms with Crippen molar-refractivity contribution in [1.29, 1.82) is 0 Å². The first-order chi connectivity index (χ1) is 9.47. The molecule has 2 unspecified atom stereocenters. The first kappa shape index (κ1) is 14.9. The van der Waals surface area contributed by atoms with E-state index < -0.39 is 0 Å². The van der Waals surface area contributed by atoms with Crippen LogP contribution in [0.2, 0.25) is 0 Å². The number of nitrogens with zero attached hydrogens (tertiary/aromatic N) is 1. The van der Waals surface area contributed by atoms with E-state index in [9.17, 15) is 4.79 Å². The molecule has 1 fully saturated rings. The van der Waals surface area contributed by atoms with Gasteiger partial charge in [-0.25, -0.2) is 0 Å². The molecule has 0 aromatic heterocycles. The van der Waals surface area contributed by atoms with Crippen molar-refractivity contribution in [1.82, 2.24) is 4.90 Å². The van der Waals surface area contributed by atoms with Gasteiger partial charge < -0.3 is 11.1 Å². The predicted molar refractivity (Wildman–Crippen MR) is 83.7 cm³/mol. The molecule has 1 aromatic carbocycles. The Labute approximate surface area is 121 Å². The minimum absolute atomic E-state index is 0.0438. The van der Waals surface area contributed by atoms with E-state index in [1.807, 2.05) is 32.0 Å². The van der Waals surface area contributed by atoms with Gasteiger partial charge in [-0.15, -0.1) is 0 Å². The highest BCUT2D eigenvalue weighted by atomic mass is 16.2. The molecule has 3 N–H and O–H groups in total. The van der Waals surface area contributed by atoms with Crippen molar-refractivity contribution >= 4 is 17.3 Å². The van der Waals surface area contributed by atoms with Gasteiger partial charge in [-0.05, 0) is 56.8 Å². The van der Waals surface area contributed by atoms with E-state index in [1.54, 1.807) is 0 Å². The normalized spacial score (nSPS) is 21.4. The molecule has 1 saturated heterocycles. The monoisotopic (exact) mass is 275 g/mol. The standard InChI is InChI=1S/C16H25N3O/c1-11-5-4-8-19(10-11)13(3)16(20)18-14-7-6-12(2)15(17)9-14/h6-7,9,11,13H,4-5,8,10,17H2,1-3H3,(H,18,20). The summed E-state index contributed by atoms with van der Waals surface area (Å²) < 4.78 is 0. The van der Waals surface area contributed by atoms with Crippen LogP contribution in [0.1, 0.15) is 32.3 Å². The van der Waals surface area contributed by atoms with E-state index in [0.717, 1.165) is 24.3 Å². The Hall–Kier alpha value is -1.55. The Morgan fingerprint density at radius 1 is 1.50 bits per heavy atom.